The lowest BCUT2D eigenvalue weighted by molar-refractivity contribution is -0.174. The number of benzene rings is 1. The van der Waals surface area contributed by atoms with E-state index in [0.717, 1.165) is 5.56 Å². The Morgan fingerprint density at radius 3 is 2.10 bits per heavy atom. The van der Waals surface area contributed by atoms with Crippen molar-refractivity contribution in [3.8, 4) is 0 Å². The lowest BCUT2D eigenvalue weighted by Crippen LogP contribution is -2.41. The summed E-state index contributed by atoms with van der Waals surface area (Å²) in [6.07, 6.45) is 0. The lowest BCUT2D eigenvalue weighted by Gasteiger charge is -2.23. The van der Waals surface area contributed by atoms with Crippen LogP contribution >= 0.6 is 12.4 Å². The molecule has 0 radical (unpaired) electrons. The van der Waals surface area contributed by atoms with E-state index in [1.807, 2.05) is 20.8 Å². The molecule has 1 aromatic rings. The van der Waals surface area contributed by atoms with Gasteiger partial charge in [-0.15, -0.1) is 12.4 Å². The first kappa shape index (κ1) is 19.8. The van der Waals surface area contributed by atoms with Gasteiger partial charge in [-0.1, -0.05) is 45.0 Å². The van der Waals surface area contributed by atoms with Gasteiger partial charge in [0.2, 0.25) is 0 Å². The maximum absolute atomic E-state index is 13.8. The maximum Gasteiger partial charge on any atom is 0.379 e. The van der Waals surface area contributed by atoms with Crippen LogP contribution in [0.1, 0.15) is 44.9 Å². The second-order valence-corrected chi connectivity index (χ2v) is 5.69. The molecule has 0 heterocycles. The average molecular weight is 322 g/mol. The van der Waals surface area contributed by atoms with Crippen molar-refractivity contribution in [1.82, 2.24) is 0 Å². The minimum absolute atomic E-state index is 0. The number of hydrogen-bond donors (Lipinski definition) is 1. The van der Waals surface area contributed by atoms with Gasteiger partial charge in [-0.2, -0.15) is 8.78 Å². The Kier molecular flexibility index (Phi) is 6.77. The zero-order chi connectivity index (χ0) is 15.6. The topological polar surface area (TPSA) is 52.3 Å². The molecule has 0 aliphatic rings. The molecule has 0 bridgehead atoms. The third-order valence-electron chi connectivity index (χ3n) is 3.07. The molecule has 120 valence electrons. The molecule has 0 aliphatic heterocycles. The standard InChI is InChI=1S/C15H21F2NO2.ClH/c1-5-20-13(19)15(16,17)12(18)10-6-8-11(9-7-10)14(2,3)4;/h6-9,12H,5,18H2,1-4H3;1H/t12-;/m0./s1. The van der Waals surface area contributed by atoms with E-state index < -0.39 is 17.9 Å². The number of ether oxygens (including phenoxy) is 1. The molecule has 0 aliphatic carbocycles. The zero-order valence-electron chi connectivity index (χ0n) is 12.7. The number of halogens is 3. The van der Waals surface area contributed by atoms with Crippen LogP contribution < -0.4 is 5.73 Å². The van der Waals surface area contributed by atoms with Gasteiger partial charge in [-0.05, 0) is 23.5 Å². The molecule has 6 heteroatoms. The summed E-state index contributed by atoms with van der Waals surface area (Å²) < 4.78 is 32.0. The van der Waals surface area contributed by atoms with E-state index in [-0.39, 0.29) is 30.0 Å². The number of rotatable bonds is 4. The zero-order valence-corrected chi connectivity index (χ0v) is 13.5. The fourth-order valence-corrected chi connectivity index (χ4v) is 1.75. The van der Waals surface area contributed by atoms with Crippen LogP contribution in [0.15, 0.2) is 24.3 Å². The molecule has 0 amide bonds. The number of hydrogen-bond acceptors (Lipinski definition) is 3. The second kappa shape index (κ2) is 7.18. The van der Waals surface area contributed by atoms with Crippen molar-refractivity contribution in [2.24, 2.45) is 5.73 Å². The van der Waals surface area contributed by atoms with Gasteiger partial charge in [-0.3, -0.25) is 0 Å². The molecule has 0 spiro atoms. The summed E-state index contributed by atoms with van der Waals surface area (Å²) in [4.78, 5) is 11.3. The molecule has 0 unspecified atom stereocenters. The average Bonchev–Trinajstić information content (AvgIpc) is 2.37. The summed E-state index contributed by atoms with van der Waals surface area (Å²) in [5.74, 6) is -5.33. The lowest BCUT2D eigenvalue weighted by atomic mass is 9.86. The number of alkyl halides is 2. The summed E-state index contributed by atoms with van der Waals surface area (Å²) in [7, 11) is 0. The fourth-order valence-electron chi connectivity index (χ4n) is 1.75. The van der Waals surface area contributed by atoms with Gasteiger partial charge in [0.1, 0.15) is 6.04 Å². The van der Waals surface area contributed by atoms with Crippen LogP contribution in [0.5, 0.6) is 0 Å². The SMILES string of the molecule is CCOC(=O)C(F)(F)[C@@H](N)c1ccc(C(C)(C)C)cc1.Cl. The molecule has 1 aromatic carbocycles. The van der Waals surface area contributed by atoms with E-state index in [2.05, 4.69) is 4.74 Å². The third kappa shape index (κ3) is 4.64. The fraction of sp³-hybridized carbons (Fsp3) is 0.533. The Hall–Kier alpha value is -1.20. The van der Waals surface area contributed by atoms with E-state index >= 15 is 0 Å². The van der Waals surface area contributed by atoms with Crippen molar-refractivity contribution in [2.75, 3.05) is 6.61 Å². The van der Waals surface area contributed by atoms with E-state index in [1.54, 1.807) is 12.1 Å². The van der Waals surface area contributed by atoms with Crippen molar-refractivity contribution in [3.63, 3.8) is 0 Å². The van der Waals surface area contributed by atoms with Crippen LogP contribution in [0.25, 0.3) is 0 Å². The molecule has 0 saturated carbocycles. The Morgan fingerprint density at radius 1 is 1.24 bits per heavy atom. The molecular weight excluding hydrogens is 300 g/mol. The molecule has 0 aromatic heterocycles. The monoisotopic (exact) mass is 321 g/mol. The smallest absolute Gasteiger partial charge is 0.379 e. The predicted octanol–water partition coefficient (Wildman–Crippen LogP) is 3.60. The van der Waals surface area contributed by atoms with Crippen LogP contribution in [0, 0.1) is 0 Å². The Labute approximate surface area is 130 Å². The van der Waals surface area contributed by atoms with Gasteiger partial charge < -0.3 is 10.5 Å². The predicted molar refractivity (Wildman–Crippen MR) is 80.9 cm³/mol. The molecule has 0 fully saturated rings. The Balaban J connectivity index is 0.00000400. The minimum atomic E-state index is -3.74. The van der Waals surface area contributed by atoms with Crippen molar-refractivity contribution < 1.29 is 18.3 Å². The van der Waals surface area contributed by atoms with Crippen LogP contribution in [-0.2, 0) is 14.9 Å². The van der Waals surface area contributed by atoms with Gasteiger partial charge in [0.15, 0.2) is 0 Å². The number of esters is 1. The normalized spacial score (nSPS) is 13.3. The van der Waals surface area contributed by atoms with Crippen LogP contribution in [0.4, 0.5) is 8.78 Å². The molecule has 3 nitrogen and oxygen atoms in total. The number of carbonyl (C=O) groups excluding carboxylic acids is 1. The van der Waals surface area contributed by atoms with Crippen molar-refractivity contribution in [1.29, 1.82) is 0 Å². The first-order valence-electron chi connectivity index (χ1n) is 6.51. The van der Waals surface area contributed by atoms with Crippen LogP contribution in [0.2, 0.25) is 0 Å². The first-order chi connectivity index (χ1) is 9.10. The van der Waals surface area contributed by atoms with Gasteiger partial charge in [0.25, 0.3) is 0 Å². The van der Waals surface area contributed by atoms with E-state index in [4.69, 9.17) is 5.73 Å². The van der Waals surface area contributed by atoms with Crippen molar-refractivity contribution >= 4 is 18.4 Å². The van der Waals surface area contributed by atoms with Crippen molar-refractivity contribution in [2.45, 2.75) is 45.1 Å². The molecule has 2 N–H and O–H groups in total. The molecular formula is C15H22ClF2NO2. The first-order valence-corrected chi connectivity index (χ1v) is 6.51. The highest BCUT2D eigenvalue weighted by Crippen LogP contribution is 2.32. The minimum Gasteiger partial charge on any atom is -0.462 e. The molecule has 21 heavy (non-hydrogen) atoms. The highest BCUT2D eigenvalue weighted by molar-refractivity contribution is 5.85. The largest absolute Gasteiger partial charge is 0.462 e. The van der Waals surface area contributed by atoms with E-state index in [9.17, 15) is 13.6 Å². The number of nitrogens with two attached hydrogens (primary N) is 1. The van der Waals surface area contributed by atoms with Crippen molar-refractivity contribution in [3.05, 3.63) is 35.4 Å². The molecule has 1 rings (SSSR count). The Morgan fingerprint density at radius 2 is 1.71 bits per heavy atom. The summed E-state index contributed by atoms with van der Waals surface area (Å²) in [6, 6.07) is 4.83. The quantitative estimate of drug-likeness (QED) is 0.862. The van der Waals surface area contributed by atoms with Gasteiger partial charge in [0, 0.05) is 0 Å². The molecule has 1 atom stereocenters. The van der Waals surface area contributed by atoms with Crippen LogP contribution in [-0.4, -0.2) is 18.5 Å². The summed E-state index contributed by atoms with van der Waals surface area (Å²) in [5, 5.41) is 0. The second-order valence-electron chi connectivity index (χ2n) is 5.69. The third-order valence-corrected chi connectivity index (χ3v) is 3.07. The van der Waals surface area contributed by atoms with E-state index in [1.165, 1.54) is 19.1 Å². The summed E-state index contributed by atoms with van der Waals surface area (Å²) in [6.45, 7) is 7.43. The Bertz CT molecular complexity index is 470. The van der Waals surface area contributed by atoms with Gasteiger partial charge in [-0.25, -0.2) is 4.79 Å². The van der Waals surface area contributed by atoms with Crippen LogP contribution in [0.3, 0.4) is 0 Å². The highest BCUT2D eigenvalue weighted by Gasteiger charge is 2.47. The number of carbonyl (C=O) groups is 1. The van der Waals surface area contributed by atoms with Gasteiger partial charge in [0.05, 0.1) is 6.61 Å². The summed E-state index contributed by atoms with van der Waals surface area (Å²) >= 11 is 0. The van der Waals surface area contributed by atoms with E-state index in [0.29, 0.717) is 0 Å². The van der Waals surface area contributed by atoms with Gasteiger partial charge >= 0.3 is 11.9 Å². The summed E-state index contributed by atoms with van der Waals surface area (Å²) in [5.41, 5.74) is 6.65. The maximum atomic E-state index is 13.8. The molecule has 0 saturated heterocycles. The highest BCUT2D eigenvalue weighted by atomic mass is 35.5.